The van der Waals surface area contributed by atoms with Crippen LogP contribution in [0.1, 0.15) is 12.5 Å². The summed E-state index contributed by atoms with van der Waals surface area (Å²) in [6.07, 6.45) is 0. The van der Waals surface area contributed by atoms with Crippen LogP contribution in [0.2, 0.25) is 0 Å². The van der Waals surface area contributed by atoms with Crippen LogP contribution in [0.3, 0.4) is 0 Å². The second kappa shape index (κ2) is 7.31. The number of hydrogen-bond acceptors (Lipinski definition) is 3. The zero-order valence-corrected chi connectivity index (χ0v) is 13.5. The van der Waals surface area contributed by atoms with Gasteiger partial charge >= 0.3 is 0 Å². The van der Waals surface area contributed by atoms with Gasteiger partial charge in [-0.2, -0.15) is 0 Å². The lowest BCUT2D eigenvalue weighted by Crippen LogP contribution is -2.03. The van der Waals surface area contributed by atoms with Gasteiger partial charge in [-0.05, 0) is 52.7 Å². The molecule has 5 heteroatoms. The van der Waals surface area contributed by atoms with Crippen molar-refractivity contribution in [1.29, 1.82) is 0 Å². The lowest BCUT2D eigenvalue weighted by atomic mass is 10.2. The Morgan fingerprint density at radius 3 is 2.67 bits per heavy atom. The Bertz CT molecular complexity index is 599. The highest BCUT2D eigenvalue weighted by Gasteiger charge is 2.08. The van der Waals surface area contributed by atoms with E-state index in [9.17, 15) is 4.39 Å². The van der Waals surface area contributed by atoms with Gasteiger partial charge in [0.15, 0.2) is 11.5 Å². The third kappa shape index (κ3) is 3.88. The van der Waals surface area contributed by atoms with Crippen molar-refractivity contribution in [1.82, 2.24) is 0 Å². The maximum absolute atomic E-state index is 13.7. The molecule has 0 aliphatic rings. The number of para-hydroxylation sites is 1. The first-order valence-corrected chi connectivity index (χ1v) is 7.42. The Kier molecular flexibility index (Phi) is 5.44. The SMILES string of the molecule is CCOc1cc(CNc2c(F)cccc2Br)ccc1OC. The highest BCUT2D eigenvalue weighted by molar-refractivity contribution is 9.10. The summed E-state index contributed by atoms with van der Waals surface area (Å²) >= 11 is 3.34. The lowest BCUT2D eigenvalue weighted by Gasteiger charge is -2.13. The first-order chi connectivity index (χ1) is 10.2. The van der Waals surface area contributed by atoms with Gasteiger partial charge in [-0.25, -0.2) is 4.39 Å². The molecule has 0 bridgehead atoms. The van der Waals surface area contributed by atoms with E-state index in [2.05, 4.69) is 21.2 Å². The van der Waals surface area contributed by atoms with Crippen molar-refractivity contribution in [3.05, 3.63) is 52.3 Å². The molecule has 2 rings (SSSR count). The number of hydrogen-bond donors (Lipinski definition) is 1. The van der Waals surface area contributed by atoms with E-state index in [0.29, 0.717) is 34.8 Å². The van der Waals surface area contributed by atoms with Crippen LogP contribution in [0.4, 0.5) is 10.1 Å². The van der Waals surface area contributed by atoms with E-state index >= 15 is 0 Å². The molecule has 0 atom stereocenters. The summed E-state index contributed by atoms with van der Waals surface area (Å²) in [5.74, 6) is 1.09. The third-order valence-corrected chi connectivity index (χ3v) is 3.62. The number of halogens is 2. The average molecular weight is 354 g/mol. The van der Waals surface area contributed by atoms with Gasteiger partial charge in [-0.15, -0.1) is 0 Å². The molecule has 0 spiro atoms. The van der Waals surface area contributed by atoms with Gasteiger partial charge in [0.2, 0.25) is 0 Å². The highest BCUT2D eigenvalue weighted by atomic mass is 79.9. The predicted octanol–water partition coefficient (Wildman–Crippen LogP) is 4.61. The highest BCUT2D eigenvalue weighted by Crippen LogP contribution is 2.29. The van der Waals surface area contributed by atoms with Crippen molar-refractivity contribution >= 4 is 21.6 Å². The molecule has 0 unspecified atom stereocenters. The van der Waals surface area contributed by atoms with Crippen molar-refractivity contribution < 1.29 is 13.9 Å². The maximum atomic E-state index is 13.7. The molecule has 0 aromatic heterocycles. The summed E-state index contributed by atoms with van der Waals surface area (Å²) in [7, 11) is 1.60. The molecule has 2 aromatic rings. The fourth-order valence-electron chi connectivity index (χ4n) is 1.96. The molecule has 0 aliphatic carbocycles. The van der Waals surface area contributed by atoms with E-state index in [1.165, 1.54) is 6.07 Å². The molecule has 3 nitrogen and oxygen atoms in total. The van der Waals surface area contributed by atoms with Crippen LogP contribution >= 0.6 is 15.9 Å². The second-order valence-electron chi connectivity index (χ2n) is 4.37. The smallest absolute Gasteiger partial charge is 0.161 e. The van der Waals surface area contributed by atoms with E-state index in [0.717, 1.165) is 5.56 Å². The molecule has 21 heavy (non-hydrogen) atoms. The van der Waals surface area contributed by atoms with Gasteiger partial charge in [0.1, 0.15) is 5.82 Å². The molecular formula is C16H17BrFNO2. The Balaban J connectivity index is 2.15. The number of rotatable bonds is 6. The molecular weight excluding hydrogens is 337 g/mol. The van der Waals surface area contributed by atoms with Crippen LogP contribution < -0.4 is 14.8 Å². The van der Waals surface area contributed by atoms with Gasteiger partial charge in [0.05, 0.1) is 19.4 Å². The molecule has 2 aromatic carbocycles. The summed E-state index contributed by atoms with van der Waals surface area (Å²) in [4.78, 5) is 0. The van der Waals surface area contributed by atoms with E-state index in [4.69, 9.17) is 9.47 Å². The third-order valence-electron chi connectivity index (χ3n) is 2.96. The van der Waals surface area contributed by atoms with Crippen molar-refractivity contribution in [3.63, 3.8) is 0 Å². The standard InChI is InChI=1S/C16H17BrFNO2/c1-3-21-15-9-11(7-8-14(15)20-2)10-19-16-12(17)5-4-6-13(16)18/h4-9,19H,3,10H2,1-2H3. The van der Waals surface area contributed by atoms with Gasteiger partial charge < -0.3 is 14.8 Å². The Labute approximate surface area is 132 Å². The molecule has 1 N–H and O–H groups in total. The lowest BCUT2D eigenvalue weighted by molar-refractivity contribution is 0.310. The zero-order chi connectivity index (χ0) is 15.2. The van der Waals surface area contributed by atoms with Crippen LogP contribution in [0, 0.1) is 5.82 Å². The zero-order valence-electron chi connectivity index (χ0n) is 12.0. The van der Waals surface area contributed by atoms with Gasteiger partial charge in [0.25, 0.3) is 0 Å². The molecule has 0 heterocycles. The summed E-state index contributed by atoms with van der Waals surface area (Å²) in [5.41, 5.74) is 1.43. The maximum Gasteiger partial charge on any atom is 0.161 e. The van der Waals surface area contributed by atoms with Crippen LogP contribution in [-0.2, 0) is 6.54 Å². The van der Waals surface area contributed by atoms with Crippen molar-refractivity contribution in [2.45, 2.75) is 13.5 Å². The molecule has 0 fully saturated rings. The normalized spacial score (nSPS) is 10.3. The Morgan fingerprint density at radius 1 is 1.19 bits per heavy atom. The predicted molar refractivity (Wildman–Crippen MR) is 85.6 cm³/mol. The number of benzene rings is 2. The second-order valence-corrected chi connectivity index (χ2v) is 5.22. The quantitative estimate of drug-likeness (QED) is 0.822. The average Bonchev–Trinajstić information content (AvgIpc) is 2.47. The fraction of sp³-hybridized carbons (Fsp3) is 0.250. The van der Waals surface area contributed by atoms with Gasteiger partial charge in [-0.1, -0.05) is 12.1 Å². The van der Waals surface area contributed by atoms with Crippen molar-refractivity contribution in [3.8, 4) is 11.5 Å². The van der Waals surface area contributed by atoms with E-state index in [1.807, 2.05) is 25.1 Å². The van der Waals surface area contributed by atoms with Gasteiger partial charge in [-0.3, -0.25) is 0 Å². The Morgan fingerprint density at radius 2 is 2.00 bits per heavy atom. The minimum atomic E-state index is -0.289. The number of methoxy groups -OCH3 is 1. The summed E-state index contributed by atoms with van der Waals surface area (Å²) in [5, 5.41) is 3.09. The summed E-state index contributed by atoms with van der Waals surface area (Å²) in [6, 6.07) is 10.5. The van der Waals surface area contributed by atoms with E-state index < -0.39 is 0 Å². The first kappa shape index (κ1) is 15.6. The van der Waals surface area contributed by atoms with Crippen LogP contribution in [0.15, 0.2) is 40.9 Å². The van der Waals surface area contributed by atoms with Crippen LogP contribution in [-0.4, -0.2) is 13.7 Å². The molecule has 0 amide bonds. The number of ether oxygens (including phenoxy) is 2. The summed E-state index contributed by atoms with van der Waals surface area (Å²) < 4.78 is 25.2. The molecule has 0 saturated heterocycles. The van der Waals surface area contributed by atoms with Crippen molar-refractivity contribution in [2.75, 3.05) is 19.0 Å². The van der Waals surface area contributed by atoms with E-state index in [-0.39, 0.29) is 5.82 Å². The van der Waals surface area contributed by atoms with Crippen LogP contribution in [0.25, 0.3) is 0 Å². The van der Waals surface area contributed by atoms with Gasteiger partial charge in [0, 0.05) is 11.0 Å². The minimum Gasteiger partial charge on any atom is -0.493 e. The number of anilines is 1. The molecule has 0 saturated carbocycles. The fourth-order valence-corrected chi connectivity index (χ4v) is 2.44. The summed E-state index contributed by atoms with van der Waals surface area (Å²) in [6.45, 7) is 2.97. The topological polar surface area (TPSA) is 30.5 Å². The van der Waals surface area contributed by atoms with E-state index in [1.54, 1.807) is 19.2 Å². The largest absolute Gasteiger partial charge is 0.493 e. The molecule has 0 radical (unpaired) electrons. The van der Waals surface area contributed by atoms with Crippen molar-refractivity contribution in [2.24, 2.45) is 0 Å². The monoisotopic (exact) mass is 353 g/mol. The van der Waals surface area contributed by atoms with Crippen LogP contribution in [0.5, 0.6) is 11.5 Å². The number of nitrogens with one attached hydrogen (secondary N) is 1. The molecule has 0 aliphatic heterocycles. The Hall–Kier alpha value is -1.75. The minimum absolute atomic E-state index is 0.289. The molecule has 112 valence electrons. The first-order valence-electron chi connectivity index (χ1n) is 6.63.